The van der Waals surface area contributed by atoms with Gasteiger partial charge in [0.2, 0.25) is 11.5 Å². The molecule has 8 heteroatoms. The van der Waals surface area contributed by atoms with E-state index in [1.165, 1.54) is 0 Å². The number of allylic oxidation sites excluding steroid dienone is 2. The number of ether oxygens (including phenoxy) is 3. The molecule has 3 aromatic rings. The van der Waals surface area contributed by atoms with Crippen LogP contribution in [0.15, 0.2) is 23.9 Å². The van der Waals surface area contributed by atoms with E-state index >= 15 is 0 Å². The van der Waals surface area contributed by atoms with Gasteiger partial charge < -0.3 is 29.1 Å². The number of ketones is 1. The number of amides is 1. The highest BCUT2D eigenvalue weighted by Gasteiger charge is 2.68. The van der Waals surface area contributed by atoms with Crippen LogP contribution < -0.4 is 14.2 Å². The first-order chi connectivity index (χ1) is 15.8. The van der Waals surface area contributed by atoms with Gasteiger partial charge in [0.05, 0.1) is 32.5 Å². The monoisotopic (exact) mass is 447 g/mol. The minimum atomic E-state index is -0.232. The molecule has 2 aliphatic carbocycles. The number of nitrogens with zero attached hydrogens (tertiary/aromatic N) is 1. The summed E-state index contributed by atoms with van der Waals surface area (Å²) in [5.41, 5.74) is 5.56. The van der Waals surface area contributed by atoms with Gasteiger partial charge in [-0.2, -0.15) is 0 Å². The molecule has 3 aliphatic rings. The quantitative estimate of drug-likeness (QED) is 0.637. The van der Waals surface area contributed by atoms with E-state index in [1.807, 2.05) is 13.0 Å². The first-order valence-corrected chi connectivity index (χ1v) is 10.9. The van der Waals surface area contributed by atoms with Gasteiger partial charge in [-0.05, 0) is 49.4 Å². The van der Waals surface area contributed by atoms with Crippen LogP contribution >= 0.6 is 0 Å². The van der Waals surface area contributed by atoms with Crippen molar-refractivity contribution in [2.24, 2.45) is 5.92 Å². The third kappa shape index (κ3) is 2.35. The highest BCUT2D eigenvalue weighted by molar-refractivity contribution is 6.09. The first kappa shape index (κ1) is 20.0. The number of nitrogens with one attached hydrogen (secondary N) is 2. The summed E-state index contributed by atoms with van der Waals surface area (Å²) >= 11 is 0. The average Bonchev–Trinajstić information content (AvgIpc) is 3.07. The fraction of sp³-hybridized carbons (Fsp3) is 0.360. The van der Waals surface area contributed by atoms with Crippen molar-refractivity contribution in [2.45, 2.75) is 25.7 Å². The summed E-state index contributed by atoms with van der Waals surface area (Å²) < 4.78 is 16.5. The summed E-state index contributed by atoms with van der Waals surface area (Å²) in [5.74, 6) is 1.55. The Bertz CT molecular complexity index is 1410. The van der Waals surface area contributed by atoms with Crippen molar-refractivity contribution in [3.05, 3.63) is 52.1 Å². The van der Waals surface area contributed by atoms with Gasteiger partial charge in [0, 0.05) is 34.8 Å². The Morgan fingerprint density at radius 1 is 1.09 bits per heavy atom. The summed E-state index contributed by atoms with van der Waals surface area (Å²) in [5, 5.41) is 0.778. The molecule has 33 heavy (non-hydrogen) atoms. The maximum absolute atomic E-state index is 13.7. The van der Waals surface area contributed by atoms with Crippen LogP contribution in [0.1, 0.15) is 44.2 Å². The number of carbonyl (C=O) groups excluding carboxylic acids is 2. The van der Waals surface area contributed by atoms with Crippen LogP contribution in [0.2, 0.25) is 0 Å². The van der Waals surface area contributed by atoms with Crippen LogP contribution in [0.25, 0.3) is 10.9 Å². The number of aromatic nitrogens is 2. The zero-order valence-corrected chi connectivity index (χ0v) is 19.2. The molecule has 2 N–H and O–H groups in total. The van der Waals surface area contributed by atoms with Crippen LogP contribution in [-0.4, -0.2) is 54.4 Å². The van der Waals surface area contributed by atoms with Gasteiger partial charge in [-0.3, -0.25) is 9.59 Å². The van der Waals surface area contributed by atoms with Gasteiger partial charge in [0.25, 0.3) is 5.91 Å². The van der Waals surface area contributed by atoms with Gasteiger partial charge in [-0.15, -0.1) is 0 Å². The van der Waals surface area contributed by atoms with E-state index in [0.717, 1.165) is 34.3 Å². The summed E-state index contributed by atoms with van der Waals surface area (Å²) in [7, 11) is 4.65. The molecular formula is C25H25N3O5. The molecule has 1 saturated carbocycles. The summed E-state index contributed by atoms with van der Waals surface area (Å²) in [6.45, 7) is 4.65. The maximum Gasteiger partial charge on any atom is 0.274 e. The zero-order chi connectivity index (χ0) is 23.2. The molecule has 3 heterocycles. The van der Waals surface area contributed by atoms with Gasteiger partial charge in [-0.1, -0.05) is 0 Å². The molecule has 2 atom stereocenters. The highest BCUT2D eigenvalue weighted by Crippen LogP contribution is 2.67. The van der Waals surface area contributed by atoms with Crippen molar-refractivity contribution in [3.63, 3.8) is 0 Å². The third-order valence-corrected chi connectivity index (χ3v) is 7.61. The van der Waals surface area contributed by atoms with E-state index in [4.69, 9.17) is 14.2 Å². The number of hydrogen-bond donors (Lipinski definition) is 2. The van der Waals surface area contributed by atoms with Gasteiger partial charge >= 0.3 is 0 Å². The number of fused-ring (bicyclic) bond motifs is 2. The molecule has 2 aromatic heterocycles. The van der Waals surface area contributed by atoms with Crippen molar-refractivity contribution in [3.8, 4) is 17.2 Å². The second kappa shape index (κ2) is 6.43. The van der Waals surface area contributed by atoms with Crippen LogP contribution in [0.5, 0.6) is 17.2 Å². The lowest BCUT2D eigenvalue weighted by atomic mass is 9.83. The Morgan fingerprint density at radius 2 is 1.85 bits per heavy atom. The lowest BCUT2D eigenvalue weighted by Crippen LogP contribution is -2.34. The number of hydrogen-bond acceptors (Lipinski definition) is 5. The van der Waals surface area contributed by atoms with Crippen LogP contribution in [-0.2, 0) is 5.41 Å². The molecule has 170 valence electrons. The molecule has 1 aliphatic heterocycles. The number of H-pyrrole nitrogens is 2. The Hall–Kier alpha value is -3.68. The van der Waals surface area contributed by atoms with E-state index in [-0.39, 0.29) is 17.1 Å². The number of piperidine rings is 1. The highest BCUT2D eigenvalue weighted by atomic mass is 16.5. The molecule has 1 spiro atoms. The number of likely N-dealkylation sites (tertiary alicyclic amines) is 1. The Kier molecular flexibility index (Phi) is 3.89. The second-order valence-corrected chi connectivity index (χ2v) is 9.10. The number of rotatable bonds is 4. The normalized spacial score (nSPS) is 22.6. The van der Waals surface area contributed by atoms with E-state index in [9.17, 15) is 9.59 Å². The summed E-state index contributed by atoms with van der Waals surface area (Å²) in [6, 6.07) is 3.61. The zero-order valence-electron chi connectivity index (χ0n) is 19.2. The number of aromatic amines is 2. The molecule has 0 radical (unpaired) electrons. The standard InChI is InChI=1S/C25H25N3O5/c1-11-12(2)26-21-16(29)8-18-25(19(11)21)9-14(25)10-28(18)24(30)15-6-13-7-17(31-3)22(32-4)23(33-5)20(13)27-15/h6-8,14,26-27H,9-10H2,1-5H3/t14-,25+/m1/s1. The van der Waals surface area contributed by atoms with E-state index < -0.39 is 0 Å². The molecular weight excluding hydrogens is 422 g/mol. The molecule has 2 fully saturated rings. The topological polar surface area (TPSA) is 96.7 Å². The Balaban J connectivity index is 1.43. The van der Waals surface area contributed by atoms with E-state index in [1.54, 1.807) is 38.4 Å². The summed E-state index contributed by atoms with van der Waals surface area (Å²) in [4.78, 5) is 34.9. The summed E-state index contributed by atoms with van der Waals surface area (Å²) in [6.07, 6.45) is 2.62. The molecule has 1 aromatic carbocycles. The predicted molar refractivity (Wildman–Crippen MR) is 121 cm³/mol. The molecule has 8 nitrogen and oxygen atoms in total. The van der Waals surface area contributed by atoms with Crippen molar-refractivity contribution in [1.82, 2.24) is 14.9 Å². The molecule has 0 unspecified atom stereocenters. The lowest BCUT2D eigenvalue weighted by Gasteiger charge is -2.28. The number of carbonyl (C=O) groups is 2. The molecule has 0 bridgehead atoms. The van der Waals surface area contributed by atoms with Crippen LogP contribution in [0.4, 0.5) is 0 Å². The fourth-order valence-electron chi connectivity index (χ4n) is 5.92. The minimum absolute atomic E-state index is 0.0695. The number of benzene rings is 1. The fourth-order valence-corrected chi connectivity index (χ4v) is 5.92. The lowest BCUT2D eigenvalue weighted by molar-refractivity contribution is 0.0806. The van der Waals surface area contributed by atoms with E-state index in [0.29, 0.717) is 46.6 Å². The minimum Gasteiger partial charge on any atom is -0.493 e. The van der Waals surface area contributed by atoms with Gasteiger partial charge in [-0.25, -0.2) is 0 Å². The van der Waals surface area contributed by atoms with Crippen molar-refractivity contribution < 1.29 is 23.8 Å². The SMILES string of the molecule is COc1cc2cc(C(=O)N3C[C@H]4C[C@@]45C3=CC(=O)c3[nH]c(C)c(C)c35)[nH]c2c(OC)c1OC. The van der Waals surface area contributed by atoms with Crippen LogP contribution in [0, 0.1) is 19.8 Å². The van der Waals surface area contributed by atoms with Crippen molar-refractivity contribution in [2.75, 3.05) is 27.9 Å². The number of methoxy groups -OCH3 is 3. The van der Waals surface area contributed by atoms with E-state index in [2.05, 4.69) is 16.9 Å². The van der Waals surface area contributed by atoms with Crippen molar-refractivity contribution >= 4 is 22.6 Å². The Morgan fingerprint density at radius 3 is 2.55 bits per heavy atom. The first-order valence-electron chi connectivity index (χ1n) is 10.9. The van der Waals surface area contributed by atoms with Crippen molar-refractivity contribution in [1.29, 1.82) is 0 Å². The Labute approximate surface area is 190 Å². The smallest absolute Gasteiger partial charge is 0.274 e. The number of aryl methyl sites for hydroxylation is 1. The maximum atomic E-state index is 13.7. The average molecular weight is 447 g/mol. The molecule has 6 rings (SSSR count). The van der Waals surface area contributed by atoms with Gasteiger partial charge in [0.1, 0.15) is 5.69 Å². The molecule has 1 amide bonds. The van der Waals surface area contributed by atoms with Gasteiger partial charge in [0.15, 0.2) is 11.5 Å². The molecule has 1 saturated heterocycles. The second-order valence-electron chi connectivity index (χ2n) is 9.10. The van der Waals surface area contributed by atoms with Crippen LogP contribution in [0.3, 0.4) is 0 Å². The largest absolute Gasteiger partial charge is 0.493 e. The predicted octanol–water partition coefficient (Wildman–Crippen LogP) is 3.63. The third-order valence-electron chi connectivity index (χ3n) is 7.61.